The summed E-state index contributed by atoms with van der Waals surface area (Å²) in [5, 5.41) is 0.674. The smallest absolute Gasteiger partial charge is 0.242 e. The maximum Gasteiger partial charge on any atom is 0.242 e. The van der Waals surface area contributed by atoms with Gasteiger partial charge in [0.25, 0.3) is 0 Å². The zero-order valence-corrected chi connectivity index (χ0v) is 13.0. The Labute approximate surface area is 125 Å². The van der Waals surface area contributed by atoms with Crippen molar-refractivity contribution in [3.05, 3.63) is 24.4 Å². The first-order chi connectivity index (χ1) is 9.90. The van der Waals surface area contributed by atoms with Crippen LogP contribution in [0, 0.1) is 5.41 Å². The molecule has 1 aromatic heterocycles. The van der Waals surface area contributed by atoms with E-state index >= 15 is 0 Å². The number of hydrogen-bond acceptors (Lipinski definition) is 3. The van der Waals surface area contributed by atoms with Crippen LogP contribution >= 0.6 is 0 Å². The van der Waals surface area contributed by atoms with E-state index in [4.69, 9.17) is 5.73 Å². The lowest BCUT2D eigenvalue weighted by Crippen LogP contribution is -2.34. The van der Waals surface area contributed by atoms with Gasteiger partial charge in [-0.25, -0.2) is 13.1 Å². The van der Waals surface area contributed by atoms with Gasteiger partial charge in [-0.3, -0.25) is 0 Å². The molecule has 0 saturated heterocycles. The number of hydrogen-bond donors (Lipinski definition) is 3. The van der Waals surface area contributed by atoms with Gasteiger partial charge in [0.2, 0.25) is 10.0 Å². The van der Waals surface area contributed by atoms with Gasteiger partial charge in [-0.1, -0.05) is 19.8 Å². The Morgan fingerprint density at radius 2 is 2.05 bits per heavy atom. The number of anilines is 1. The molecule has 3 rings (SSSR count). The molecule has 114 valence electrons. The van der Waals surface area contributed by atoms with Crippen molar-refractivity contribution in [3.8, 4) is 0 Å². The second kappa shape index (κ2) is 5.03. The van der Waals surface area contributed by atoms with Crippen LogP contribution in [0.1, 0.15) is 32.6 Å². The van der Waals surface area contributed by atoms with Gasteiger partial charge >= 0.3 is 0 Å². The molecule has 1 saturated carbocycles. The van der Waals surface area contributed by atoms with Crippen molar-refractivity contribution >= 4 is 26.6 Å². The molecule has 0 radical (unpaired) electrons. The third-order valence-electron chi connectivity index (χ3n) is 4.46. The van der Waals surface area contributed by atoms with Crippen LogP contribution < -0.4 is 10.5 Å². The maximum absolute atomic E-state index is 12.5. The molecule has 0 unspecified atom stereocenters. The van der Waals surface area contributed by atoms with Crippen LogP contribution in [0.25, 0.3) is 10.9 Å². The zero-order chi connectivity index (χ0) is 15.1. The van der Waals surface area contributed by atoms with Crippen molar-refractivity contribution in [2.75, 3.05) is 12.3 Å². The van der Waals surface area contributed by atoms with E-state index in [0.717, 1.165) is 18.4 Å². The second-order valence-electron chi connectivity index (χ2n) is 6.30. The predicted octanol–water partition coefficient (Wildman–Crippen LogP) is 2.61. The molecular formula is C15H21N3O2S. The van der Waals surface area contributed by atoms with Gasteiger partial charge in [0.1, 0.15) is 4.90 Å². The van der Waals surface area contributed by atoms with Gasteiger partial charge in [-0.2, -0.15) is 0 Å². The number of nitrogens with one attached hydrogen (secondary N) is 2. The molecule has 0 bridgehead atoms. The van der Waals surface area contributed by atoms with E-state index < -0.39 is 10.0 Å². The first-order valence-electron chi connectivity index (χ1n) is 7.26. The lowest BCUT2D eigenvalue weighted by Gasteiger charge is -2.23. The van der Waals surface area contributed by atoms with E-state index in [1.807, 2.05) is 0 Å². The number of aromatic nitrogens is 1. The van der Waals surface area contributed by atoms with E-state index in [1.54, 1.807) is 18.2 Å². The zero-order valence-electron chi connectivity index (χ0n) is 12.1. The number of rotatable bonds is 4. The highest BCUT2D eigenvalue weighted by molar-refractivity contribution is 7.89. The van der Waals surface area contributed by atoms with Gasteiger partial charge < -0.3 is 10.7 Å². The molecule has 1 aliphatic rings. The highest BCUT2D eigenvalue weighted by Gasteiger charge is 2.30. The summed E-state index contributed by atoms with van der Waals surface area (Å²) in [4.78, 5) is 3.26. The highest BCUT2D eigenvalue weighted by atomic mass is 32.2. The first-order valence-corrected chi connectivity index (χ1v) is 8.74. The summed E-state index contributed by atoms with van der Waals surface area (Å²) < 4.78 is 27.8. The number of H-pyrrole nitrogens is 1. The number of fused-ring (bicyclic) bond motifs is 1. The standard InChI is InChI=1S/C15H21N3O2S/c1-15(6-2-3-7-15)10-18-21(19,20)14-9-17-13-8-11(16)4-5-12(13)14/h4-5,8-9,17-18H,2-3,6-7,10,16H2,1H3. The minimum Gasteiger partial charge on any atom is -0.399 e. The maximum atomic E-state index is 12.5. The number of nitrogens with two attached hydrogens (primary N) is 1. The SMILES string of the molecule is CC1(CNS(=O)(=O)c2c[nH]c3cc(N)ccc23)CCCC1. The summed E-state index contributed by atoms with van der Waals surface area (Å²) in [7, 11) is -3.50. The Balaban J connectivity index is 1.86. The van der Waals surface area contributed by atoms with Crippen molar-refractivity contribution in [2.45, 2.75) is 37.5 Å². The fourth-order valence-electron chi connectivity index (χ4n) is 3.09. The Kier molecular flexibility index (Phi) is 3.45. The molecule has 1 aliphatic carbocycles. The Morgan fingerprint density at radius 3 is 2.76 bits per heavy atom. The molecule has 0 aliphatic heterocycles. The van der Waals surface area contributed by atoms with Crippen LogP contribution in [-0.4, -0.2) is 19.9 Å². The summed E-state index contributed by atoms with van der Waals surface area (Å²) in [6, 6.07) is 5.20. The first kappa shape index (κ1) is 14.4. The molecule has 0 spiro atoms. The molecule has 6 heteroatoms. The lowest BCUT2D eigenvalue weighted by atomic mass is 9.89. The summed E-state index contributed by atoms with van der Waals surface area (Å²) in [5.74, 6) is 0. The van der Waals surface area contributed by atoms with E-state index in [9.17, 15) is 8.42 Å². The van der Waals surface area contributed by atoms with Crippen LogP contribution in [0.15, 0.2) is 29.3 Å². The van der Waals surface area contributed by atoms with Gasteiger partial charge in [0.05, 0.1) is 0 Å². The van der Waals surface area contributed by atoms with E-state index in [0.29, 0.717) is 22.5 Å². The largest absolute Gasteiger partial charge is 0.399 e. The van der Waals surface area contributed by atoms with Crippen LogP contribution in [0.4, 0.5) is 5.69 Å². The van der Waals surface area contributed by atoms with Gasteiger partial charge in [-0.15, -0.1) is 0 Å². The van der Waals surface area contributed by atoms with Gasteiger partial charge in [-0.05, 0) is 36.5 Å². The molecule has 0 atom stereocenters. The normalized spacial score (nSPS) is 18.3. The molecule has 0 amide bonds. The predicted molar refractivity (Wildman–Crippen MR) is 84.5 cm³/mol. The number of aromatic amines is 1. The van der Waals surface area contributed by atoms with Crippen molar-refractivity contribution in [2.24, 2.45) is 5.41 Å². The third-order valence-corrected chi connectivity index (χ3v) is 5.90. The molecular weight excluding hydrogens is 286 g/mol. The number of benzene rings is 1. The molecule has 21 heavy (non-hydrogen) atoms. The van der Waals surface area contributed by atoms with Gasteiger partial charge in [0.15, 0.2) is 0 Å². The molecule has 2 aromatic rings. The van der Waals surface area contributed by atoms with Crippen molar-refractivity contribution in [1.29, 1.82) is 0 Å². The highest BCUT2D eigenvalue weighted by Crippen LogP contribution is 2.37. The van der Waals surface area contributed by atoms with Crippen LogP contribution in [-0.2, 0) is 10.0 Å². The topological polar surface area (TPSA) is 88.0 Å². The van der Waals surface area contributed by atoms with Crippen molar-refractivity contribution in [1.82, 2.24) is 9.71 Å². The summed E-state index contributed by atoms with van der Waals surface area (Å²) in [5.41, 5.74) is 7.15. The third kappa shape index (κ3) is 2.78. The molecule has 4 N–H and O–H groups in total. The number of sulfonamides is 1. The monoisotopic (exact) mass is 307 g/mol. The molecule has 1 heterocycles. The van der Waals surface area contributed by atoms with Crippen LogP contribution in [0.5, 0.6) is 0 Å². The van der Waals surface area contributed by atoms with Crippen LogP contribution in [0.3, 0.4) is 0 Å². The lowest BCUT2D eigenvalue weighted by molar-refractivity contribution is 0.336. The summed E-state index contributed by atoms with van der Waals surface area (Å²) in [6.07, 6.45) is 6.07. The van der Waals surface area contributed by atoms with E-state index in [2.05, 4.69) is 16.6 Å². The minimum absolute atomic E-state index is 0.0869. The Bertz CT molecular complexity index is 758. The second-order valence-corrected chi connectivity index (χ2v) is 8.04. The fourth-order valence-corrected chi connectivity index (χ4v) is 4.47. The Morgan fingerprint density at radius 1 is 1.33 bits per heavy atom. The molecule has 5 nitrogen and oxygen atoms in total. The van der Waals surface area contributed by atoms with E-state index in [-0.39, 0.29) is 5.41 Å². The van der Waals surface area contributed by atoms with Gasteiger partial charge in [0, 0.05) is 29.3 Å². The van der Waals surface area contributed by atoms with Crippen molar-refractivity contribution < 1.29 is 8.42 Å². The van der Waals surface area contributed by atoms with Crippen molar-refractivity contribution in [3.63, 3.8) is 0 Å². The summed E-state index contributed by atoms with van der Waals surface area (Å²) >= 11 is 0. The summed E-state index contributed by atoms with van der Waals surface area (Å²) in [6.45, 7) is 2.65. The Hall–Kier alpha value is -1.53. The number of nitrogen functional groups attached to an aromatic ring is 1. The average Bonchev–Trinajstić information content (AvgIpc) is 3.03. The minimum atomic E-state index is -3.50. The fraction of sp³-hybridized carbons (Fsp3) is 0.467. The molecule has 1 aromatic carbocycles. The van der Waals surface area contributed by atoms with E-state index in [1.165, 1.54) is 19.0 Å². The average molecular weight is 307 g/mol. The van der Waals surface area contributed by atoms with Crippen LogP contribution in [0.2, 0.25) is 0 Å². The quantitative estimate of drug-likeness (QED) is 0.759. The molecule has 1 fully saturated rings.